The summed E-state index contributed by atoms with van der Waals surface area (Å²) < 4.78 is 0. The fourth-order valence-electron chi connectivity index (χ4n) is 2.85. The zero-order chi connectivity index (χ0) is 20.5. The topological polar surface area (TPSA) is 98.3 Å². The minimum absolute atomic E-state index is 0.0645. The SMILES string of the molecule is CC(C)C[C@H](NC(=O)[C@@H](Cc1ccccc1)NC(=O)c1ccccc1)C(=O)[O-]. The minimum atomic E-state index is -1.34. The van der Waals surface area contributed by atoms with E-state index in [0.29, 0.717) is 5.56 Å². The van der Waals surface area contributed by atoms with Gasteiger partial charge in [0.05, 0.1) is 12.0 Å². The fraction of sp³-hybridized carbons (Fsp3) is 0.318. The molecule has 148 valence electrons. The van der Waals surface area contributed by atoms with Crippen LogP contribution in [-0.2, 0) is 16.0 Å². The first-order valence-electron chi connectivity index (χ1n) is 9.28. The Kier molecular flexibility index (Phi) is 7.75. The van der Waals surface area contributed by atoms with Gasteiger partial charge in [0, 0.05) is 12.0 Å². The maximum atomic E-state index is 12.8. The lowest BCUT2D eigenvalue weighted by Crippen LogP contribution is -2.55. The zero-order valence-electron chi connectivity index (χ0n) is 16.1. The van der Waals surface area contributed by atoms with Crippen molar-refractivity contribution in [3.05, 3.63) is 71.8 Å². The van der Waals surface area contributed by atoms with Crippen molar-refractivity contribution in [1.82, 2.24) is 10.6 Å². The molecule has 0 spiro atoms. The summed E-state index contributed by atoms with van der Waals surface area (Å²) in [6.45, 7) is 3.72. The molecule has 2 amide bonds. The Morgan fingerprint density at radius 3 is 1.96 bits per heavy atom. The van der Waals surface area contributed by atoms with E-state index in [1.807, 2.05) is 44.2 Å². The molecule has 2 atom stereocenters. The van der Waals surface area contributed by atoms with Gasteiger partial charge in [-0.05, 0) is 30.0 Å². The predicted molar refractivity (Wildman–Crippen MR) is 104 cm³/mol. The third-order valence-corrected chi connectivity index (χ3v) is 4.25. The zero-order valence-corrected chi connectivity index (χ0v) is 16.1. The molecular weight excluding hydrogens is 356 g/mol. The first-order chi connectivity index (χ1) is 13.4. The van der Waals surface area contributed by atoms with Gasteiger partial charge in [0.1, 0.15) is 6.04 Å². The highest BCUT2D eigenvalue weighted by Gasteiger charge is 2.25. The van der Waals surface area contributed by atoms with Gasteiger partial charge < -0.3 is 20.5 Å². The standard InChI is InChI=1S/C22H26N2O4/c1-15(2)13-19(22(27)28)24-21(26)18(14-16-9-5-3-6-10-16)23-20(25)17-11-7-4-8-12-17/h3-12,15,18-19H,13-14H2,1-2H3,(H,23,25)(H,24,26)(H,27,28)/p-1/t18-,19+/m1/s1. The van der Waals surface area contributed by atoms with Crippen LogP contribution in [0.4, 0.5) is 0 Å². The van der Waals surface area contributed by atoms with Gasteiger partial charge in [0.15, 0.2) is 0 Å². The maximum Gasteiger partial charge on any atom is 0.251 e. The summed E-state index contributed by atoms with van der Waals surface area (Å²) in [5.41, 5.74) is 1.27. The third kappa shape index (κ3) is 6.54. The van der Waals surface area contributed by atoms with Crippen LogP contribution in [0.1, 0.15) is 36.2 Å². The number of nitrogens with one attached hydrogen (secondary N) is 2. The van der Waals surface area contributed by atoms with E-state index >= 15 is 0 Å². The number of rotatable bonds is 9. The lowest BCUT2D eigenvalue weighted by Gasteiger charge is -2.25. The van der Waals surface area contributed by atoms with Gasteiger partial charge in [-0.2, -0.15) is 0 Å². The molecule has 0 saturated heterocycles. The van der Waals surface area contributed by atoms with Crippen molar-refractivity contribution in [1.29, 1.82) is 0 Å². The van der Waals surface area contributed by atoms with Crippen molar-refractivity contribution in [2.45, 2.75) is 38.8 Å². The summed E-state index contributed by atoms with van der Waals surface area (Å²) in [7, 11) is 0. The van der Waals surface area contributed by atoms with Crippen molar-refractivity contribution < 1.29 is 19.5 Å². The second-order valence-corrected chi connectivity index (χ2v) is 7.09. The van der Waals surface area contributed by atoms with Crippen LogP contribution in [-0.4, -0.2) is 29.9 Å². The molecule has 0 aliphatic rings. The molecule has 0 fully saturated rings. The molecule has 0 saturated carbocycles. The van der Waals surface area contributed by atoms with Crippen molar-refractivity contribution >= 4 is 17.8 Å². The monoisotopic (exact) mass is 381 g/mol. The van der Waals surface area contributed by atoms with Crippen LogP contribution in [0.3, 0.4) is 0 Å². The second-order valence-electron chi connectivity index (χ2n) is 7.09. The summed E-state index contributed by atoms with van der Waals surface area (Å²) in [5.74, 6) is -2.22. The molecule has 6 nitrogen and oxygen atoms in total. The van der Waals surface area contributed by atoms with Crippen LogP contribution in [0, 0.1) is 5.92 Å². The first kappa shape index (κ1) is 21.2. The Hall–Kier alpha value is -3.15. The number of amides is 2. The van der Waals surface area contributed by atoms with Crippen LogP contribution in [0.5, 0.6) is 0 Å². The highest BCUT2D eigenvalue weighted by atomic mass is 16.4. The summed E-state index contributed by atoms with van der Waals surface area (Å²) in [6.07, 6.45) is 0.492. The van der Waals surface area contributed by atoms with E-state index in [2.05, 4.69) is 10.6 Å². The number of carbonyl (C=O) groups is 3. The van der Waals surface area contributed by atoms with Crippen molar-refractivity contribution in [3.8, 4) is 0 Å². The molecule has 28 heavy (non-hydrogen) atoms. The van der Waals surface area contributed by atoms with Crippen LogP contribution in [0.15, 0.2) is 60.7 Å². The Balaban J connectivity index is 2.17. The lowest BCUT2D eigenvalue weighted by molar-refractivity contribution is -0.308. The van der Waals surface area contributed by atoms with E-state index in [-0.39, 0.29) is 18.8 Å². The van der Waals surface area contributed by atoms with Crippen molar-refractivity contribution in [2.24, 2.45) is 5.92 Å². The van der Waals surface area contributed by atoms with Gasteiger partial charge in [-0.15, -0.1) is 0 Å². The number of carboxylic acids is 1. The molecule has 6 heteroatoms. The lowest BCUT2D eigenvalue weighted by atomic mass is 10.0. The van der Waals surface area contributed by atoms with Gasteiger partial charge in [-0.3, -0.25) is 9.59 Å². The predicted octanol–water partition coefficient (Wildman–Crippen LogP) is 1.31. The van der Waals surface area contributed by atoms with E-state index in [1.54, 1.807) is 30.3 Å². The van der Waals surface area contributed by atoms with Crippen molar-refractivity contribution in [2.75, 3.05) is 0 Å². The van der Waals surface area contributed by atoms with Crippen LogP contribution in [0.25, 0.3) is 0 Å². The number of carboxylic acid groups (broad SMARTS) is 1. The maximum absolute atomic E-state index is 12.8. The summed E-state index contributed by atoms with van der Waals surface area (Å²) in [4.78, 5) is 36.7. The van der Waals surface area contributed by atoms with E-state index in [1.165, 1.54) is 0 Å². The second kappa shape index (κ2) is 10.3. The van der Waals surface area contributed by atoms with Crippen LogP contribution >= 0.6 is 0 Å². The van der Waals surface area contributed by atoms with Crippen LogP contribution in [0.2, 0.25) is 0 Å². The van der Waals surface area contributed by atoms with Gasteiger partial charge in [0.2, 0.25) is 5.91 Å². The van der Waals surface area contributed by atoms with E-state index < -0.39 is 29.9 Å². The normalized spacial score (nSPS) is 12.8. The molecule has 0 heterocycles. The average molecular weight is 381 g/mol. The van der Waals surface area contributed by atoms with E-state index in [0.717, 1.165) is 5.56 Å². The van der Waals surface area contributed by atoms with Gasteiger partial charge >= 0.3 is 0 Å². The molecule has 0 unspecified atom stereocenters. The number of aliphatic carboxylic acids is 1. The first-order valence-corrected chi connectivity index (χ1v) is 9.28. The van der Waals surface area contributed by atoms with Gasteiger partial charge in [-0.25, -0.2) is 0 Å². The quantitative estimate of drug-likeness (QED) is 0.684. The van der Waals surface area contributed by atoms with E-state index in [4.69, 9.17) is 0 Å². The molecular formula is C22H25N2O4-. The average Bonchev–Trinajstić information content (AvgIpc) is 2.68. The summed E-state index contributed by atoms with van der Waals surface area (Å²) in [5, 5.41) is 16.6. The Morgan fingerprint density at radius 1 is 0.857 bits per heavy atom. The molecule has 0 bridgehead atoms. The van der Waals surface area contributed by atoms with Gasteiger partial charge in [0.25, 0.3) is 5.91 Å². The van der Waals surface area contributed by atoms with E-state index in [9.17, 15) is 19.5 Å². The van der Waals surface area contributed by atoms with Gasteiger partial charge in [-0.1, -0.05) is 62.4 Å². The largest absolute Gasteiger partial charge is 0.548 e. The minimum Gasteiger partial charge on any atom is -0.548 e. The molecule has 0 aliphatic heterocycles. The number of hydrogen-bond acceptors (Lipinski definition) is 4. The number of benzene rings is 2. The molecule has 0 radical (unpaired) electrons. The van der Waals surface area contributed by atoms with Crippen LogP contribution < -0.4 is 15.7 Å². The molecule has 0 aliphatic carbocycles. The molecule has 0 aromatic heterocycles. The molecule has 2 aromatic carbocycles. The number of carbonyl (C=O) groups excluding carboxylic acids is 3. The molecule has 2 aromatic rings. The molecule has 2 N–H and O–H groups in total. The third-order valence-electron chi connectivity index (χ3n) is 4.25. The Bertz CT molecular complexity index is 791. The fourth-order valence-corrected chi connectivity index (χ4v) is 2.85. The van der Waals surface area contributed by atoms with Crippen molar-refractivity contribution in [3.63, 3.8) is 0 Å². The highest BCUT2D eigenvalue weighted by molar-refractivity contribution is 5.98. The number of hydrogen-bond donors (Lipinski definition) is 2. The smallest absolute Gasteiger partial charge is 0.251 e. The Labute approximate surface area is 165 Å². The summed E-state index contributed by atoms with van der Waals surface area (Å²) in [6, 6.07) is 15.8. The highest BCUT2D eigenvalue weighted by Crippen LogP contribution is 2.08. The Morgan fingerprint density at radius 2 is 1.43 bits per heavy atom. The molecule has 2 rings (SSSR count). The summed E-state index contributed by atoms with van der Waals surface area (Å²) >= 11 is 0.